The first-order valence-electron chi connectivity index (χ1n) is 10.0. The van der Waals surface area contributed by atoms with Crippen LogP contribution in [0.4, 0.5) is 0 Å². The van der Waals surface area contributed by atoms with Crippen molar-refractivity contribution in [3.63, 3.8) is 0 Å². The Morgan fingerprint density at radius 2 is 1.88 bits per heavy atom. The van der Waals surface area contributed by atoms with Crippen LogP contribution in [0.15, 0.2) is 60.8 Å². The van der Waals surface area contributed by atoms with Crippen LogP contribution in [0.25, 0.3) is 33.1 Å². The number of hydrogen-bond acceptors (Lipinski definition) is 6. The van der Waals surface area contributed by atoms with Gasteiger partial charge in [-0.1, -0.05) is 28.1 Å². The molecule has 0 aliphatic carbocycles. The van der Waals surface area contributed by atoms with Crippen molar-refractivity contribution in [1.29, 1.82) is 0 Å². The van der Waals surface area contributed by atoms with Gasteiger partial charge in [0.25, 0.3) is 0 Å². The smallest absolute Gasteiger partial charge is 0.340 e. The number of carboxylic acid groups (broad SMARTS) is 1. The zero-order valence-electron chi connectivity index (χ0n) is 17.8. The molecular weight excluding hydrogens is 510 g/mol. The van der Waals surface area contributed by atoms with Crippen LogP contribution < -0.4 is 10.9 Å². The summed E-state index contributed by atoms with van der Waals surface area (Å²) in [5.41, 5.74) is 2.97. The molecule has 2 aromatic heterocycles. The van der Waals surface area contributed by atoms with Gasteiger partial charge in [-0.2, -0.15) is 11.8 Å². The van der Waals surface area contributed by atoms with Crippen LogP contribution in [0.5, 0.6) is 0 Å². The molecule has 170 valence electrons. The maximum Gasteiger partial charge on any atom is 0.340 e. The fourth-order valence-corrected chi connectivity index (χ4v) is 4.54. The Morgan fingerprint density at radius 1 is 1.15 bits per heavy atom. The van der Waals surface area contributed by atoms with Crippen LogP contribution in [0.1, 0.15) is 11.1 Å². The summed E-state index contributed by atoms with van der Waals surface area (Å²) in [6.45, 7) is 1.75. The van der Waals surface area contributed by atoms with Crippen LogP contribution in [-0.4, -0.2) is 35.0 Å². The molecule has 1 amide bonds. The highest BCUT2D eigenvalue weighted by Crippen LogP contribution is 2.35. The monoisotopic (exact) mass is 529 g/mol. The number of halogens is 1. The number of benzene rings is 2. The van der Waals surface area contributed by atoms with E-state index in [1.54, 1.807) is 25.5 Å². The number of aliphatic carboxylic acids is 1. The molecule has 0 saturated carbocycles. The molecule has 0 radical (unpaired) electrons. The van der Waals surface area contributed by atoms with Crippen molar-refractivity contribution in [2.24, 2.45) is 0 Å². The molecule has 0 bridgehead atoms. The Balaban J connectivity index is 1.74. The average molecular weight is 530 g/mol. The second-order valence-electron chi connectivity index (χ2n) is 7.58. The first kappa shape index (κ1) is 23.1. The SMILES string of the molecule is CSC[C@H](NC(=O)Cc1c(C)c2cc3c(-c4ccc(Br)cc4)coc3cc2oc1=O)C(=O)O. The molecule has 0 aliphatic rings. The fraction of sp³-hybridized carbons (Fsp3) is 0.208. The highest BCUT2D eigenvalue weighted by molar-refractivity contribution is 9.10. The number of amides is 1. The molecule has 0 aliphatic heterocycles. The van der Waals surface area contributed by atoms with Gasteiger partial charge in [0.15, 0.2) is 0 Å². The number of aryl methyl sites for hydroxylation is 1. The van der Waals surface area contributed by atoms with Gasteiger partial charge < -0.3 is 19.3 Å². The maximum absolute atomic E-state index is 12.6. The number of thioether (sulfide) groups is 1. The van der Waals surface area contributed by atoms with E-state index in [0.29, 0.717) is 22.1 Å². The predicted octanol–water partition coefficient (Wildman–Crippen LogP) is 4.75. The molecule has 33 heavy (non-hydrogen) atoms. The van der Waals surface area contributed by atoms with Crippen LogP contribution in [-0.2, 0) is 16.0 Å². The molecule has 0 unspecified atom stereocenters. The Kier molecular flexibility index (Phi) is 6.62. The van der Waals surface area contributed by atoms with Crippen LogP contribution >= 0.6 is 27.7 Å². The van der Waals surface area contributed by atoms with Gasteiger partial charge in [-0.05, 0) is 42.5 Å². The molecule has 7 nitrogen and oxygen atoms in total. The summed E-state index contributed by atoms with van der Waals surface area (Å²) in [5, 5.41) is 13.3. The third-order valence-electron chi connectivity index (χ3n) is 5.44. The Labute approximate surface area is 201 Å². The summed E-state index contributed by atoms with van der Waals surface area (Å²) in [6, 6.07) is 10.4. The second-order valence-corrected chi connectivity index (χ2v) is 9.41. The van der Waals surface area contributed by atoms with E-state index >= 15 is 0 Å². The van der Waals surface area contributed by atoms with Crippen molar-refractivity contribution in [2.75, 3.05) is 12.0 Å². The van der Waals surface area contributed by atoms with E-state index in [9.17, 15) is 19.5 Å². The van der Waals surface area contributed by atoms with E-state index in [0.717, 1.165) is 21.0 Å². The van der Waals surface area contributed by atoms with Gasteiger partial charge in [0.05, 0.1) is 18.2 Å². The summed E-state index contributed by atoms with van der Waals surface area (Å²) in [7, 11) is 0. The van der Waals surface area contributed by atoms with E-state index in [1.165, 1.54) is 11.8 Å². The third-order valence-corrected chi connectivity index (χ3v) is 6.64. The van der Waals surface area contributed by atoms with Gasteiger partial charge in [-0.25, -0.2) is 9.59 Å². The number of carbonyl (C=O) groups is 2. The number of fused-ring (bicyclic) bond motifs is 2. The standard InChI is InChI=1S/C24H20BrNO6S/c1-12-15-7-17-18(13-3-5-14(25)6-4-13)10-31-20(17)9-21(15)32-24(30)16(12)8-22(27)26-19(11-33-2)23(28)29/h3-7,9-10,19H,8,11H2,1-2H3,(H,26,27)(H,28,29)/t19-/m0/s1. The van der Waals surface area contributed by atoms with Crippen LogP contribution in [0.2, 0.25) is 0 Å². The van der Waals surface area contributed by atoms with Crippen molar-refractivity contribution in [3.8, 4) is 11.1 Å². The zero-order valence-corrected chi connectivity index (χ0v) is 20.2. The molecule has 2 heterocycles. The van der Waals surface area contributed by atoms with Gasteiger partial charge in [0, 0.05) is 32.6 Å². The normalized spacial score (nSPS) is 12.2. The fourth-order valence-electron chi connectivity index (χ4n) is 3.71. The van der Waals surface area contributed by atoms with Crippen molar-refractivity contribution in [3.05, 3.63) is 68.7 Å². The van der Waals surface area contributed by atoms with Gasteiger partial charge in [-0.15, -0.1) is 0 Å². The Bertz CT molecular complexity index is 1420. The van der Waals surface area contributed by atoms with E-state index in [4.69, 9.17) is 8.83 Å². The summed E-state index contributed by atoms with van der Waals surface area (Å²) >= 11 is 4.74. The van der Waals surface area contributed by atoms with Gasteiger partial charge in [0.1, 0.15) is 17.2 Å². The summed E-state index contributed by atoms with van der Waals surface area (Å²) in [4.78, 5) is 36.5. The Hall–Kier alpha value is -3.04. The maximum atomic E-state index is 12.6. The molecule has 0 saturated heterocycles. The zero-order chi connectivity index (χ0) is 23.7. The number of carbonyl (C=O) groups excluding carboxylic acids is 1. The molecule has 4 aromatic rings. The highest BCUT2D eigenvalue weighted by Gasteiger charge is 2.22. The molecule has 2 aromatic carbocycles. The van der Waals surface area contributed by atoms with E-state index < -0.39 is 23.5 Å². The van der Waals surface area contributed by atoms with E-state index in [-0.39, 0.29) is 17.7 Å². The summed E-state index contributed by atoms with van der Waals surface area (Å²) in [5.74, 6) is -1.45. The lowest BCUT2D eigenvalue weighted by molar-refractivity contribution is -0.141. The Morgan fingerprint density at radius 3 is 2.55 bits per heavy atom. The lowest BCUT2D eigenvalue weighted by Gasteiger charge is -2.14. The first-order valence-corrected chi connectivity index (χ1v) is 12.2. The first-order chi connectivity index (χ1) is 15.8. The second kappa shape index (κ2) is 9.44. The summed E-state index contributed by atoms with van der Waals surface area (Å²) < 4.78 is 12.2. The largest absolute Gasteiger partial charge is 0.480 e. The molecular formula is C24H20BrNO6S. The molecule has 4 rings (SSSR count). The molecule has 1 atom stereocenters. The molecule has 0 fully saturated rings. The minimum Gasteiger partial charge on any atom is -0.480 e. The molecule has 9 heteroatoms. The van der Waals surface area contributed by atoms with Crippen LogP contribution in [0.3, 0.4) is 0 Å². The molecule has 2 N–H and O–H groups in total. The topological polar surface area (TPSA) is 110 Å². The number of hydrogen-bond donors (Lipinski definition) is 2. The van der Waals surface area contributed by atoms with E-state index in [1.807, 2.05) is 30.3 Å². The van der Waals surface area contributed by atoms with Crippen molar-refractivity contribution >= 4 is 61.5 Å². The predicted molar refractivity (Wildman–Crippen MR) is 132 cm³/mol. The van der Waals surface area contributed by atoms with Crippen molar-refractivity contribution < 1.29 is 23.5 Å². The molecule has 0 spiro atoms. The van der Waals surface area contributed by atoms with Gasteiger partial charge >= 0.3 is 11.6 Å². The highest BCUT2D eigenvalue weighted by atomic mass is 79.9. The lowest BCUT2D eigenvalue weighted by Crippen LogP contribution is -2.43. The van der Waals surface area contributed by atoms with Crippen molar-refractivity contribution in [1.82, 2.24) is 5.32 Å². The average Bonchev–Trinajstić information content (AvgIpc) is 3.18. The van der Waals surface area contributed by atoms with Crippen molar-refractivity contribution in [2.45, 2.75) is 19.4 Å². The number of rotatable bonds is 7. The number of nitrogens with one attached hydrogen (secondary N) is 1. The third kappa shape index (κ3) is 4.69. The van der Waals surface area contributed by atoms with E-state index in [2.05, 4.69) is 21.2 Å². The number of carboxylic acids is 1. The van der Waals surface area contributed by atoms with Gasteiger partial charge in [0.2, 0.25) is 5.91 Å². The summed E-state index contributed by atoms with van der Waals surface area (Å²) in [6.07, 6.45) is 3.14. The lowest BCUT2D eigenvalue weighted by atomic mass is 9.99. The number of furan rings is 1. The minimum atomic E-state index is -1.12. The van der Waals surface area contributed by atoms with Gasteiger partial charge in [-0.3, -0.25) is 4.79 Å². The quantitative estimate of drug-likeness (QED) is 0.332. The minimum absolute atomic E-state index is 0.196. The van der Waals surface area contributed by atoms with Crippen LogP contribution in [0, 0.1) is 6.92 Å².